The number of carboxylic acids is 2. The van der Waals surface area contributed by atoms with E-state index >= 15 is 0 Å². The van der Waals surface area contributed by atoms with Gasteiger partial charge in [0.2, 0.25) is 0 Å². The number of hydrogen-bond donors (Lipinski definition) is 3. The van der Waals surface area contributed by atoms with E-state index in [-0.39, 0.29) is 0 Å². The maximum Gasteiger partial charge on any atom is 0.490 e. The van der Waals surface area contributed by atoms with Crippen LogP contribution in [0.3, 0.4) is 0 Å². The van der Waals surface area contributed by atoms with Gasteiger partial charge in [0.25, 0.3) is 0 Å². The highest BCUT2D eigenvalue weighted by Crippen LogP contribution is 2.20. The minimum atomic E-state index is -5.08. The Morgan fingerprint density at radius 3 is 1.72 bits per heavy atom. The Hall–Kier alpha value is -2.08. The largest absolute Gasteiger partial charge is 0.490 e. The highest BCUT2D eigenvalue weighted by atomic mass is 35.5. The van der Waals surface area contributed by atoms with Crippen molar-refractivity contribution in [2.24, 2.45) is 0 Å². The van der Waals surface area contributed by atoms with Gasteiger partial charge in [-0.05, 0) is 17.7 Å². The van der Waals surface area contributed by atoms with Crippen molar-refractivity contribution >= 4 is 23.5 Å². The molecule has 3 N–H and O–H groups in total. The molecule has 0 saturated carbocycles. The minimum absolute atomic E-state index is 0.592. The van der Waals surface area contributed by atoms with Crippen LogP contribution in [0.1, 0.15) is 11.5 Å². The van der Waals surface area contributed by atoms with Gasteiger partial charge in [0, 0.05) is 25.2 Å². The first-order valence-corrected chi connectivity index (χ1v) is 6.55. The predicted octanol–water partition coefficient (Wildman–Crippen LogP) is 2.69. The van der Waals surface area contributed by atoms with Crippen molar-refractivity contribution in [1.82, 2.24) is 10.3 Å². The van der Waals surface area contributed by atoms with E-state index in [2.05, 4.69) is 10.3 Å². The molecule has 1 saturated heterocycles. The van der Waals surface area contributed by atoms with E-state index in [0.717, 1.165) is 13.1 Å². The Balaban J connectivity index is 0.000000366. The standard InChI is InChI=1S/C8H9ClN2.2C2HF3O2/c9-8-3-6(1-2-11-8)7-4-10-5-7;2*3-2(4,5)1(6)7/h1-3,7,10H,4-5H2;2*(H,6,7). The van der Waals surface area contributed by atoms with Gasteiger partial charge in [-0.25, -0.2) is 14.6 Å². The Bertz CT molecular complexity index is 566. The summed E-state index contributed by atoms with van der Waals surface area (Å²) in [7, 11) is 0. The van der Waals surface area contributed by atoms with Crippen LogP contribution in [-0.2, 0) is 9.59 Å². The molecule has 0 aromatic carbocycles. The molecule has 2 heterocycles. The fraction of sp³-hybridized carbons (Fsp3) is 0.417. The van der Waals surface area contributed by atoms with Crippen molar-refractivity contribution in [3.63, 3.8) is 0 Å². The molecular formula is C12H11ClF6N2O4. The first-order valence-electron chi connectivity index (χ1n) is 6.17. The molecule has 0 amide bonds. The molecule has 6 nitrogen and oxygen atoms in total. The second kappa shape index (κ2) is 9.42. The van der Waals surface area contributed by atoms with Crippen molar-refractivity contribution in [1.29, 1.82) is 0 Å². The smallest absolute Gasteiger partial charge is 0.475 e. The molecule has 1 aromatic rings. The van der Waals surface area contributed by atoms with Gasteiger partial charge in [-0.2, -0.15) is 26.3 Å². The van der Waals surface area contributed by atoms with Gasteiger partial charge in [0.1, 0.15) is 5.15 Å². The van der Waals surface area contributed by atoms with Gasteiger partial charge in [-0.1, -0.05) is 11.6 Å². The van der Waals surface area contributed by atoms with E-state index in [4.69, 9.17) is 31.4 Å². The second-order valence-corrected chi connectivity index (χ2v) is 4.76. The quantitative estimate of drug-likeness (QED) is 0.498. The predicted molar refractivity (Wildman–Crippen MR) is 72.2 cm³/mol. The van der Waals surface area contributed by atoms with Crippen molar-refractivity contribution < 1.29 is 46.1 Å². The Kier molecular flexibility index (Phi) is 8.63. The van der Waals surface area contributed by atoms with Crippen molar-refractivity contribution in [2.45, 2.75) is 18.3 Å². The van der Waals surface area contributed by atoms with Gasteiger partial charge >= 0.3 is 24.3 Å². The van der Waals surface area contributed by atoms with Crippen LogP contribution >= 0.6 is 11.6 Å². The van der Waals surface area contributed by atoms with E-state index in [1.165, 1.54) is 5.56 Å². The number of nitrogens with one attached hydrogen (secondary N) is 1. The van der Waals surface area contributed by atoms with Crippen LogP contribution in [0.4, 0.5) is 26.3 Å². The molecule has 1 aromatic heterocycles. The number of halogens is 7. The van der Waals surface area contributed by atoms with Crippen LogP contribution in [-0.4, -0.2) is 52.6 Å². The van der Waals surface area contributed by atoms with Crippen molar-refractivity contribution in [2.75, 3.05) is 13.1 Å². The second-order valence-electron chi connectivity index (χ2n) is 4.37. The minimum Gasteiger partial charge on any atom is -0.475 e. The molecule has 1 aliphatic heterocycles. The van der Waals surface area contributed by atoms with E-state index in [1.807, 2.05) is 12.1 Å². The van der Waals surface area contributed by atoms with Crippen LogP contribution in [0, 0.1) is 0 Å². The van der Waals surface area contributed by atoms with Crippen LogP contribution < -0.4 is 5.32 Å². The van der Waals surface area contributed by atoms with Crippen LogP contribution in [0.25, 0.3) is 0 Å². The molecule has 1 aliphatic rings. The van der Waals surface area contributed by atoms with Crippen LogP contribution in [0.2, 0.25) is 5.15 Å². The molecule has 0 unspecified atom stereocenters. The summed E-state index contributed by atoms with van der Waals surface area (Å²) in [5.41, 5.74) is 1.30. The summed E-state index contributed by atoms with van der Waals surface area (Å²) in [6.45, 7) is 2.14. The molecule has 0 radical (unpaired) electrons. The van der Waals surface area contributed by atoms with Crippen molar-refractivity contribution in [3.8, 4) is 0 Å². The van der Waals surface area contributed by atoms with Gasteiger partial charge in [-0.3, -0.25) is 0 Å². The lowest BCUT2D eigenvalue weighted by Crippen LogP contribution is -2.39. The molecule has 1 fully saturated rings. The fourth-order valence-electron chi connectivity index (χ4n) is 1.20. The molecule has 0 atom stereocenters. The highest BCUT2D eigenvalue weighted by molar-refractivity contribution is 6.29. The molecule has 0 bridgehead atoms. The van der Waals surface area contributed by atoms with Gasteiger partial charge in [0.05, 0.1) is 0 Å². The highest BCUT2D eigenvalue weighted by Gasteiger charge is 2.38. The Morgan fingerprint density at radius 1 is 1.08 bits per heavy atom. The fourth-order valence-corrected chi connectivity index (χ4v) is 1.38. The average Bonchev–Trinajstić information content (AvgIpc) is 2.35. The van der Waals surface area contributed by atoms with Gasteiger partial charge < -0.3 is 15.5 Å². The molecule has 142 valence electrons. The first kappa shape index (κ1) is 22.9. The summed E-state index contributed by atoms with van der Waals surface area (Å²) < 4.78 is 63.5. The molecule has 25 heavy (non-hydrogen) atoms. The molecule has 13 heteroatoms. The topological polar surface area (TPSA) is 99.5 Å². The number of alkyl halides is 6. The molecular weight excluding hydrogens is 386 g/mol. The van der Waals surface area contributed by atoms with Gasteiger partial charge in [-0.15, -0.1) is 0 Å². The summed E-state index contributed by atoms with van der Waals surface area (Å²) in [6, 6.07) is 3.96. The third-order valence-corrected chi connectivity index (χ3v) is 2.70. The number of rotatable bonds is 1. The number of carboxylic acid groups (broad SMARTS) is 2. The zero-order valence-electron chi connectivity index (χ0n) is 12.0. The maximum atomic E-state index is 10.6. The monoisotopic (exact) mass is 396 g/mol. The van der Waals surface area contributed by atoms with E-state index < -0.39 is 24.3 Å². The third-order valence-electron chi connectivity index (χ3n) is 2.49. The normalized spacial score (nSPS) is 14.2. The van der Waals surface area contributed by atoms with E-state index in [9.17, 15) is 26.3 Å². The first-order chi connectivity index (χ1) is 11.2. The Morgan fingerprint density at radius 2 is 1.48 bits per heavy atom. The lowest BCUT2D eigenvalue weighted by molar-refractivity contribution is -0.193. The van der Waals surface area contributed by atoms with Gasteiger partial charge in [0.15, 0.2) is 0 Å². The number of aromatic nitrogens is 1. The Labute approximate surface area is 141 Å². The molecule has 2 rings (SSSR count). The van der Waals surface area contributed by atoms with Crippen molar-refractivity contribution in [3.05, 3.63) is 29.0 Å². The average molecular weight is 397 g/mol. The molecule has 0 aliphatic carbocycles. The van der Waals surface area contributed by atoms with E-state index in [1.54, 1.807) is 6.20 Å². The summed E-state index contributed by atoms with van der Waals surface area (Å²) in [6.07, 6.45) is -8.41. The number of pyridine rings is 1. The van der Waals surface area contributed by atoms with E-state index in [0.29, 0.717) is 11.1 Å². The zero-order valence-corrected chi connectivity index (χ0v) is 12.8. The number of hydrogen-bond acceptors (Lipinski definition) is 4. The SMILES string of the molecule is Clc1cc(C2CNC2)ccn1.O=C(O)C(F)(F)F.O=C(O)C(F)(F)F. The van der Waals surface area contributed by atoms with Crippen LogP contribution in [0.15, 0.2) is 18.3 Å². The lowest BCUT2D eigenvalue weighted by atomic mass is 9.95. The number of carbonyl (C=O) groups is 2. The summed E-state index contributed by atoms with van der Waals surface area (Å²) in [5, 5.41) is 18.1. The third kappa shape index (κ3) is 9.72. The number of aliphatic carboxylic acids is 2. The lowest BCUT2D eigenvalue weighted by Gasteiger charge is -2.27. The summed E-state index contributed by atoms with van der Waals surface area (Å²) >= 11 is 5.74. The zero-order chi connectivity index (χ0) is 19.8. The summed E-state index contributed by atoms with van der Waals surface area (Å²) in [4.78, 5) is 21.7. The molecule has 0 spiro atoms. The van der Waals surface area contributed by atoms with Crippen LogP contribution in [0.5, 0.6) is 0 Å². The number of nitrogens with zero attached hydrogens (tertiary/aromatic N) is 1. The summed E-state index contributed by atoms with van der Waals surface area (Å²) in [5.74, 6) is -4.87. The maximum absolute atomic E-state index is 10.6.